The third-order valence-electron chi connectivity index (χ3n) is 5.05. The van der Waals surface area contributed by atoms with E-state index < -0.39 is 29.8 Å². The van der Waals surface area contributed by atoms with Crippen LogP contribution in [-0.4, -0.2) is 34.2 Å². The molecule has 0 radical (unpaired) electrons. The summed E-state index contributed by atoms with van der Waals surface area (Å²) in [5, 5.41) is 19.3. The van der Waals surface area contributed by atoms with Crippen LogP contribution in [0, 0.1) is 18.7 Å². The highest BCUT2D eigenvalue weighted by Crippen LogP contribution is 2.30. The van der Waals surface area contributed by atoms with Crippen molar-refractivity contribution in [2.75, 3.05) is 7.11 Å². The maximum atomic E-state index is 14.2. The van der Waals surface area contributed by atoms with Crippen LogP contribution in [0.15, 0.2) is 54.7 Å². The van der Waals surface area contributed by atoms with Crippen molar-refractivity contribution in [2.45, 2.75) is 20.0 Å². The van der Waals surface area contributed by atoms with Crippen molar-refractivity contribution in [1.29, 1.82) is 0 Å². The van der Waals surface area contributed by atoms with E-state index in [4.69, 9.17) is 14.6 Å². The van der Waals surface area contributed by atoms with Gasteiger partial charge in [0.15, 0.2) is 0 Å². The zero-order valence-electron chi connectivity index (χ0n) is 17.7. The van der Waals surface area contributed by atoms with Crippen LogP contribution in [-0.2, 0) is 4.79 Å². The van der Waals surface area contributed by atoms with Gasteiger partial charge in [-0.15, -0.1) is 0 Å². The predicted molar refractivity (Wildman–Crippen MR) is 114 cm³/mol. The number of aliphatic hydroxyl groups is 1. The Bertz CT molecular complexity index is 1160. The second kappa shape index (κ2) is 9.57. The molecule has 0 fully saturated rings. The summed E-state index contributed by atoms with van der Waals surface area (Å²) < 4.78 is 24.7. The Labute approximate surface area is 184 Å². The molecule has 7 nitrogen and oxygen atoms in total. The lowest BCUT2D eigenvalue weighted by atomic mass is 9.96. The lowest BCUT2D eigenvalue weighted by Crippen LogP contribution is -2.19. The number of carbonyl (C=O) groups is 2. The number of carbonyl (C=O) groups excluding carboxylic acids is 1. The van der Waals surface area contributed by atoms with Gasteiger partial charge in [-0.2, -0.15) is 0 Å². The molecular formula is C24H22FNO6. The van der Waals surface area contributed by atoms with Gasteiger partial charge in [0, 0.05) is 11.6 Å². The van der Waals surface area contributed by atoms with E-state index in [2.05, 4.69) is 4.98 Å². The summed E-state index contributed by atoms with van der Waals surface area (Å²) in [5.41, 5.74) is 1.91. The first-order chi connectivity index (χ1) is 15.2. The molecule has 2 atom stereocenters. The van der Waals surface area contributed by atoms with E-state index in [1.165, 1.54) is 32.2 Å². The molecule has 1 heterocycles. The SMILES string of the molecule is COc1cc(-c2ccc(OC(=O)c3cccc([C@H](O)[C@H](C)C(=O)O)c3)c(C)c2)c(F)cn1. The summed E-state index contributed by atoms with van der Waals surface area (Å²) in [4.78, 5) is 27.6. The number of carboxylic acids is 1. The van der Waals surface area contributed by atoms with Crippen LogP contribution in [0.1, 0.15) is 34.5 Å². The summed E-state index contributed by atoms with van der Waals surface area (Å²) >= 11 is 0. The molecule has 2 aromatic carbocycles. The number of nitrogens with zero attached hydrogens (tertiary/aromatic N) is 1. The van der Waals surface area contributed by atoms with Crippen molar-refractivity contribution in [1.82, 2.24) is 4.98 Å². The highest BCUT2D eigenvalue weighted by molar-refractivity contribution is 5.91. The molecule has 1 aromatic heterocycles. The molecule has 3 aromatic rings. The monoisotopic (exact) mass is 439 g/mol. The van der Waals surface area contributed by atoms with E-state index in [0.717, 1.165) is 6.20 Å². The molecule has 0 amide bonds. The molecule has 166 valence electrons. The minimum Gasteiger partial charge on any atom is -0.481 e. The predicted octanol–water partition coefficient (Wildman–Crippen LogP) is 4.18. The fourth-order valence-corrected chi connectivity index (χ4v) is 3.12. The fraction of sp³-hybridized carbons (Fsp3) is 0.208. The van der Waals surface area contributed by atoms with Crippen LogP contribution in [0.3, 0.4) is 0 Å². The number of aliphatic carboxylic acids is 1. The zero-order valence-corrected chi connectivity index (χ0v) is 17.7. The van der Waals surface area contributed by atoms with Gasteiger partial charge in [0.05, 0.1) is 30.9 Å². The average Bonchev–Trinajstić information content (AvgIpc) is 2.79. The Morgan fingerprint density at radius 2 is 1.88 bits per heavy atom. The molecular weight excluding hydrogens is 417 g/mol. The smallest absolute Gasteiger partial charge is 0.343 e. The second-order valence-corrected chi connectivity index (χ2v) is 7.27. The summed E-state index contributed by atoms with van der Waals surface area (Å²) in [5.74, 6) is -2.82. The van der Waals surface area contributed by atoms with Crippen LogP contribution < -0.4 is 9.47 Å². The lowest BCUT2D eigenvalue weighted by molar-refractivity contribution is -0.145. The third kappa shape index (κ3) is 4.92. The molecule has 8 heteroatoms. The van der Waals surface area contributed by atoms with Gasteiger partial charge in [-0.05, 0) is 54.8 Å². The summed E-state index contributed by atoms with van der Waals surface area (Å²) in [6.45, 7) is 3.10. The second-order valence-electron chi connectivity index (χ2n) is 7.27. The van der Waals surface area contributed by atoms with E-state index in [-0.39, 0.29) is 17.2 Å². The summed E-state index contributed by atoms with van der Waals surface area (Å²) in [7, 11) is 1.44. The number of methoxy groups -OCH3 is 1. The molecule has 0 aliphatic rings. The Morgan fingerprint density at radius 1 is 1.12 bits per heavy atom. The Balaban J connectivity index is 1.82. The number of esters is 1. The molecule has 3 rings (SSSR count). The maximum absolute atomic E-state index is 14.2. The van der Waals surface area contributed by atoms with Crippen LogP contribution in [0.25, 0.3) is 11.1 Å². The Morgan fingerprint density at radius 3 is 2.53 bits per heavy atom. The number of aliphatic hydroxyl groups excluding tert-OH is 1. The molecule has 32 heavy (non-hydrogen) atoms. The molecule has 0 aliphatic heterocycles. The number of halogens is 1. The number of hydrogen-bond acceptors (Lipinski definition) is 6. The van der Waals surface area contributed by atoms with Crippen molar-refractivity contribution in [2.24, 2.45) is 5.92 Å². The average molecular weight is 439 g/mol. The molecule has 0 aliphatic carbocycles. The minimum absolute atomic E-state index is 0.160. The van der Waals surface area contributed by atoms with Crippen LogP contribution in [0.2, 0.25) is 0 Å². The summed E-state index contributed by atoms with van der Waals surface area (Å²) in [6, 6.07) is 12.3. The van der Waals surface area contributed by atoms with Gasteiger partial charge in [-0.3, -0.25) is 4.79 Å². The van der Waals surface area contributed by atoms with Crippen LogP contribution in [0.4, 0.5) is 4.39 Å². The molecule has 0 unspecified atom stereocenters. The first-order valence-electron chi connectivity index (χ1n) is 9.74. The molecule has 2 N–H and O–H groups in total. The van der Waals surface area contributed by atoms with Gasteiger partial charge < -0.3 is 19.7 Å². The van der Waals surface area contributed by atoms with Crippen molar-refractivity contribution < 1.29 is 33.7 Å². The maximum Gasteiger partial charge on any atom is 0.343 e. The normalized spacial score (nSPS) is 12.7. The van der Waals surface area contributed by atoms with E-state index in [1.54, 1.807) is 37.3 Å². The highest BCUT2D eigenvalue weighted by Gasteiger charge is 2.24. The van der Waals surface area contributed by atoms with Gasteiger partial charge in [0.25, 0.3) is 0 Å². The number of rotatable bonds is 7. The topological polar surface area (TPSA) is 106 Å². The standard InChI is InChI=1S/C24H22FNO6/c1-13-9-15(18-11-21(31-3)26-12-19(18)25)7-8-20(13)32-24(30)17-6-4-5-16(10-17)22(27)14(2)23(28)29/h4-12,14,22,27H,1-3H3,(H,28,29)/t14-,22+/m0/s1. The molecule has 0 saturated heterocycles. The van der Waals surface area contributed by atoms with Crippen molar-refractivity contribution >= 4 is 11.9 Å². The van der Waals surface area contributed by atoms with Gasteiger partial charge in [0.1, 0.15) is 11.6 Å². The first kappa shape index (κ1) is 22.9. The van der Waals surface area contributed by atoms with E-state index in [9.17, 15) is 19.1 Å². The minimum atomic E-state index is -1.27. The Hall–Kier alpha value is -3.78. The fourth-order valence-electron chi connectivity index (χ4n) is 3.12. The van der Waals surface area contributed by atoms with Crippen LogP contribution in [0.5, 0.6) is 11.6 Å². The summed E-state index contributed by atoms with van der Waals surface area (Å²) in [6.07, 6.45) is -0.196. The van der Waals surface area contributed by atoms with Crippen LogP contribution >= 0.6 is 0 Å². The number of ether oxygens (including phenoxy) is 2. The van der Waals surface area contributed by atoms with Gasteiger partial charge in [-0.1, -0.05) is 18.2 Å². The van der Waals surface area contributed by atoms with Crippen molar-refractivity contribution in [3.63, 3.8) is 0 Å². The van der Waals surface area contributed by atoms with E-state index >= 15 is 0 Å². The first-order valence-corrected chi connectivity index (χ1v) is 9.74. The quantitative estimate of drug-likeness (QED) is 0.420. The largest absolute Gasteiger partial charge is 0.481 e. The van der Waals surface area contributed by atoms with Crippen molar-refractivity contribution in [3.05, 3.63) is 77.2 Å². The highest BCUT2D eigenvalue weighted by atomic mass is 19.1. The molecule has 0 bridgehead atoms. The van der Waals surface area contributed by atoms with Crippen molar-refractivity contribution in [3.8, 4) is 22.8 Å². The van der Waals surface area contributed by atoms with E-state index in [0.29, 0.717) is 22.3 Å². The third-order valence-corrected chi connectivity index (χ3v) is 5.05. The number of aryl methyl sites for hydroxylation is 1. The lowest BCUT2D eigenvalue weighted by Gasteiger charge is -2.16. The number of carboxylic acid groups (broad SMARTS) is 1. The number of hydrogen-bond donors (Lipinski definition) is 2. The molecule has 0 saturated carbocycles. The number of benzene rings is 2. The Kier molecular flexibility index (Phi) is 6.85. The van der Waals surface area contributed by atoms with Gasteiger partial charge >= 0.3 is 11.9 Å². The van der Waals surface area contributed by atoms with E-state index in [1.807, 2.05) is 0 Å². The zero-order chi connectivity index (χ0) is 23.4. The molecule has 0 spiro atoms. The van der Waals surface area contributed by atoms with Gasteiger partial charge in [0.2, 0.25) is 5.88 Å². The van der Waals surface area contributed by atoms with Gasteiger partial charge in [-0.25, -0.2) is 14.2 Å². The number of pyridine rings is 1. The number of aromatic nitrogens is 1.